The van der Waals surface area contributed by atoms with Gasteiger partial charge in [0.2, 0.25) is 5.91 Å². The van der Waals surface area contributed by atoms with E-state index in [-0.39, 0.29) is 12.5 Å². The highest BCUT2D eigenvalue weighted by atomic mass is 16.2. The maximum atomic E-state index is 11.5. The van der Waals surface area contributed by atoms with Gasteiger partial charge in [-0.1, -0.05) is 31.2 Å². The first-order valence-electron chi connectivity index (χ1n) is 6.71. The highest BCUT2D eigenvalue weighted by Gasteiger charge is 2.01. The summed E-state index contributed by atoms with van der Waals surface area (Å²) in [6.07, 6.45) is 3.96. The van der Waals surface area contributed by atoms with E-state index >= 15 is 0 Å². The normalized spacial score (nSPS) is 10.3. The number of rotatable bonds is 8. The monoisotopic (exact) mass is 249 g/mol. The van der Waals surface area contributed by atoms with E-state index in [0.717, 1.165) is 25.7 Å². The smallest absolute Gasteiger partial charge is 0.220 e. The van der Waals surface area contributed by atoms with E-state index in [1.165, 1.54) is 11.1 Å². The van der Waals surface area contributed by atoms with Gasteiger partial charge in [-0.05, 0) is 36.8 Å². The number of amides is 1. The Bertz CT molecular complexity index is 346. The lowest BCUT2D eigenvalue weighted by Gasteiger charge is -2.05. The van der Waals surface area contributed by atoms with Crippen LogP contribution in [0, 0.1) is 0 Å². The summed E-state index contributed by atoms with van der Waals surface area (Å²) in [6.45, 7) is 2.99. The predicted molar refractivity (Wildman–Crippen MR) is 73.5 cm³/mol. The fraction of sp³-hybridized carbons (Fsp3) is 0.533. The number of hydrogen-bond donors (Lipinski definition) is 2. The van der Waals surface area contributed by atoms with Crippen molar-refractivity contribution in [3.05, 3.63) is 35.4 Å². The maximum Gasteiger partial charge on any atom is 0.220 e. The van der Waals surface area contributed by atoms with Gasteiger partial charge in [0.1, 0.15) is 0 Å². The van der Waals surface area contributed by atoms with E-state index in [9.17, 15) is 4.79 Å². The van der Waals surface area contributed by atoms with Gasteiger partial charge in [-0.15, -0.1) is 0 Å². The summed E-state index contributed by atoms with van der Waals surface area (Å²) in [5, 5.41) is 11.5. The van der Waals surface area contributed by atoms with Gasteiger partial charge in [-0.3, -0.25) is 4.79 Å². The van der Waals surface area contributed by atoms with Crippen molar-refractivity contribution in [1.29, 1.82) is 0 Å². The van der Waals surface area contributed by atoms with Crippen LogP contribution in [0.25, 0.3) is 0 Å². The Morgan fingerprint density at radius 1 is 1.17 bits per heavy atom. The van der Waals surface area contributed by atoms with Crippen LogP contribution in [0.2, 0.25) is 0 Å². The van der Waals surface area contributed by atoms with Crippen LogP contribution in [0.5, 0.6) is 0 Å². The van der Waals surface area contributed by atoms with Gasteiger partial charge in [0.15, 0.2) is 0 Å². The minimum Gasteiger partial charge on any atom is -0.396 e. The molecule has 2 N–H and O–H groups in total. The number of aliphatic hydroxyl groups is 1. The Balaban J connectivity index is 2.20. The van der Waals surface area contributed by atoms with E-state index in [1.807, 2.05) is 0 Å². The SMILES string of the molecule is CCc1ccc(CCC(=O)NCCCCO)cc1. The highest BCUT2D eigenvalue weighted by Crippen LogP contribution is 2.07. The molecule has 0 heterocycles. The Kier molecular flexibility index (Phi) is 7.11. The predicted octanol–water partition coefficient (Wildman–Crippen LogP) is 2.07. The van der Waals surface area contributed by atoms with E-state index < -0.39 is 0 Å². The van der Waals surface area contributed by atoms with Crippen LogP contribution in [-0.2, 0) is 17.6 Å². The third kappa shape index (κ3) is 5.82. The van der Waals surface area contributed by atoms with Crippen molar-refractivity contribution in [1.82, 2.24) is 5.32 Å². The van der Waals surface area contributed by atoms with Gasteiger partial charge >= 0.3 is 0 Å². The third-order valence-electron chi connectivity index (χ3n) is 2.98. The molecule has 1 aromatic carbocycles. The molecular formula is C15H23NO2. The van der Waals surface area contributed by atoms with Crippen molar-refractivity contribution in [2.75, 3.05) is 13.2 Å². The van der Waals surface area contributed by atoms with Crippen molar-refractivity contribution in [3.63, 3.8) is 0 Å². The fourth-order valence-electron chi connectivity index (χ4n) is 1.75. The van der Waals surface area contributed by atoms with E-state index in [2.05, 4.69) is 36.5 Å². The zero-order chi connectivity index (χ0) is 13.2. The van der Waals surface area contributed by atoms with Gasteiger partial charge in [-0.2, -0.15) is 0 Å². The van der Waals surface area contributed by atoms with Crippen molar-refractivity contribution < 1.29 is 9.90 Å². The van der Waals surface area contributed by atoms with Gasteiger partial charge in [0, 0.05) is 19.6 Å². The molecule has 0 atom stereocenters. The second-order valence-electron chi connectivity index (χ2n) is 4.45. The number of carbonyl (C=O) groups excluding carboxylic acids is 1. The van der Waals surface area contributed by atoms with Gasteiger partial charge in [0.05, 0.1) is 0 Å². The number of hydrogen-bond acceptors (Lipinski definition) is 2. The second-order valence-corrected chi connectivity index (χ2v) is 4.45. The molecule has 3 heteroatoms. The van der Waals surface area contributed by atoms with Crippen LogP contribution in [0.3, 0.4) is 0 Å². The average Bonchev–Trinajstić information content (AvgIpc) is 2.42. The molecule has 0 aliphatic carbocycles. The van der Waals surface area contributed by atoms with Gasteiger partial charge in [0.25, 0.3) is 0 Å². The molecular weight excluding hydrogens is 226 g/mol. The van der Waals surface area contributed by atoms with Crippen LogP contribution >= 0.6 is 0 Å². The molecule has 0 fully saturated rings. The summed E-state index contributed by atoms with van der Waals surface area (Å²) in [4.78, 5) is 11.5. The van der Waals surface area contributed by atoms with Crippen molar-refractivity contribution in [2.45, 2.75) is 39.0 Å². The third-order valence-corrected chi connectivity index (χ3v) is 2.98. The lowest BCUT2D eigenvalue weighted by Crippen LogP contribution is -2.24. The summed E-state index contributed by atoms with van der Waals surface area (Å²) in [5.74, 6) is 0.0903. The first-order valence-corrected chi connectivity index (χ1v) is 6.71. The molecule has 18 heavy (non-hydrogen) atoms. The van der Waals surface area contributed by atoms with E-state index in [1.54, 1.807) is 0 Å². The largest absolute Gasteiger partial charge is 0.396 e. The summed E-state index contributed by atoms with van der Waals surface area (Å²) >= 11 is 0. The van der Waals surface area contributed by atoms with Gasteiger partial charge < -0.3 is 10.4 Å². The molecule has 0 aliphatic heterocycles. The first-order chi connectivity index (χ1) is 8.76. The Hall–Kier alpha value is -1.35. The molecule has 0 saturated heterocycles. The maximum absolute atomic E-state index is 11.5. The van der Waals surface area contributed by atoms with Crippen LogP contribution in [-0.4, -0.2) is 24.2 Å². The number of benzene rings is 1. The van der Waals surface area contributed by atoms with E-state index in [0.29, 0.717) is 13.0 Å². The Morgan fingerprint density at radius 3 is 2.44 bits per heavy atom. The number of aryl methyl sites for hydroxylation is 2. The van der Waals surface area contributed by atoms with Crippen LogP contribution in [0.15, 0.2) is 24.3 Å². The minimum absolute atomic E-state index is 0.0903. The van der Waals surface area contributed by atoms with Crippen LogP contribution in [0.4, 0.5) is 0 Å². The summed E-state index contributed by atoms with van der Waals surface area (Å²) in [7, 11) is 0. The zero-order valence-corrected chi connectivity index (χ0v) is 11.1. The van der Waals surface area contributed by atoms with Crippen LogP contribution in [0.1, 0.15) is 37.3 Å². The van der Waals surface area contributed by atoms with Crippen molar-refractivity contribution in [3.8, 4) is 0 Å². The van der Waals surface area contributed by atoms with Crippen molar-refractivity contribution in [2.24, 2.45) is 0 Å². The minimum atomic E-state index is 0.0903. The second kappa shape index (κ2) is 8.70. The lowest BCUT2D eigenvalue weighted by molar-refractivity contribution is -0.121. The molecule has 0 aliphatic rings. The topological polar surface area (TPSA) is 49.3 Å². The zero-order valence-electron chi connectivity index (χ0n) is 11.1. The number of carbonyl (C=O) groups is 1. The molecule has 0 radical (unpaired) electrons. The number of nitrogens with one attached hydrogen (secondary N) is 1. The number of aliphatic hydroxyl groups excluding tert-OH is 1. The molecule has 0 bridgehead atoms. The summed E-state index contributed by atoms with van der Waals surface area (Å²) in [5.41, 5.74) is 2.53. The molecule has 3 nitrogen and oxygen atoms in total. The van der Waals surface area contributed by atoms with Crippen LogP contribution < -0.4 is 5.32 Å². The fourth-order valence-corrected chi connectivity index (χ4v) is 1.75. The summed E-state index contributed by atoms with van der Waals surface area (Å²) in [6, 6.07) is 8.43. The molecule has 1 rings (SSSR count). The molecule has 1 aromatic rings. The van der Waals surface area contributed by atoms with Gasteiger partial charge in [-0.25, -0.2) is 0 Å². The van der Waals surface area contributed by atoms with Crippen molar-refractivity contribution >= 4 is 5.91 Å². The molecule has 100 valence electrons. The molecule has 0 saturated carbocycles. The summed E-state index contributed by atoms with van der Waals surface area (Å²) < 4.78 is 0. The lowest BCUT2D eigenvalue weighted by atomic mass is 10.1. The molecule has 0 unspecified atom stereocenters. The molecule has 0 spiro atoms. The quantitative estimate of drug-likeness (QED) is 0.693. The number of unbranched alkanes of at least 4 members (excludes halogenated alkanes) is 1. The molecule has 1 amide bonds. The Morgan fingerprint density at radius 2 is 1.83 bits per heavy atom. The highest BCUT2D eigenvalue weighted by molar-refractivity contribution is 5.76. The average molecular weight is 249 g/mol. The molecule has 0 aromatic heterocycles. The standard InChI is InChI=1S/C15H23NO2/c1-2-13-5-7-14(8-6-13)9-10-15(18)16-11-3-4-12-17/h5-8,17H,2-4,9-12H2,1H3,(H,16,18). The van der Waals surface area contributed by atoms with E-state index in [4.69, 9.17) is 5.11 Å². The first kappa shape index (κ1) is 14.7. The Labute approximate surface area is 109 Å².